The summed E-state index contributed by atoms with van der Waals surface area (Å²) in [6.45, 7) is 9.56. The highest BCUT2D eigenvalue weighted by atomic mass is 16.2. The molecule has 0 unspecified atom stereocenters. The Morgan fingerprint density at radius 2 is 1.69 bits per heavy atom. The minimum atomic E-state index is 0.0876. The number of hydrogen-bond acceptors (Lipinski definition) is 3. The summed E-state index contributed by atoms with van der Waals surface area (Å²) in [6, 6.07) is 16.4. The van der Waals surface area contributed by atoms with Gasteiger partial charge in [-0.05, 0) is 49.6 Å². The van der Waals surface area contributed by atoms with Crippen LogP contribution in [0.3, 0.4) is 0 Å². The zero-order valence-electron chi connectivity index (χ0n) is 17.4. The molecule has 29 heavy (non-hydrogen) atoms. The van der Waals surface area contributed by atoms with Crippen molar-refractivity contribution in [2.75, 3.05) is 31.1 Å². The van der Waals surface area contributed by atoms with E-state index in [2.05, 4.69) is 49.0 Å². The van der Waals surface area contributed by atoms with E-state index in [-0.39, 0.29) is 5.91 Å². The Morgan fingerprint density at radius 3 is 2.38 bits per heavy atom. The molecule has 0 N–H and O–H groups in total. The van der Waals surface area contributed by atoms with E-state index in [9.17, 15) is 4.79 Å². The van der Waals surface area contributed by atoms with E-state index in [4.69, 9.17) is 0 Å². The molecule has 1 aromatic heterocycles. The van der Waals surface area contributed by atoms with E-state index >= 15 is 0 Å². The van der Waals surface area contributed by atoms with Crippen LogP contribution < -0.4 is 4.90 Å². The minimum absolute atomic E-state index is 0.0876. The number of aryl methyl sites for hydroxylation is 1. The summed E-state index contributed by atoms with van der Waals surface area (Å²) >= 11 is 0. The Kier molecular flexibility index (Phi) is 5.38. The molecule has 1 fully saturated rings. The Hall–Kier alpha value is -3.08. The summed E-state index contributed by atoms with van der Waals surface area (Å²) in [5, 5.41) is 4.52. The van der Waals surface area contributed by atoms with Gasteiger partial charge in [0.1, 0.15) is 0 Å². The molecule has 4 rings (SSSR count). The zero-order chi connectivity index (χ0) is 20.4. The highest BCUT2D eigenvalue weighted by Gasteiger charge is 2.26. The van der Waals surface area contributed by atoms with Gasteiger partial charge in [-0.25, -0.2) is 4.68 Å². The van der Waals surface area contributed by atoms with E-state index in [1.807, 2.05) is 39.9 Å². The number of piperazine rings is 1. The Morgan fingerprint density at radius 1 is 0.966 bits per heavy atom. The molecular weight excluding hydrogens is 360 g/mol. The van der Waals surface area contributed by atoms with Crippen LogP contribution in [0.2, 0.25) is 0 Å². The number of aromatic nitrogens is 2. The van der Waals surface area contributed by atoms with Crippen LogP contribution in [0.25, 0.3) is 5.69 Å². The lowest BCUT2D eigenvalue weighted by Gasteiger charge is -2.37. The fraction of sp³-hybridized carbons (Fsp3) is 0.333. The lowest BCUT2D eigenvalue weighted by Crippen LogP contribution is -2.49. The topological polar surface area (TPSA) is 41.4 Å². The van der Waals surface area contributed by atoms with Crippen molar-refractivity contribution in [3.8, 4) is 5.69 Å². The summed E-state index contributed by atoms with van der Waals surface area (Å²) in [7, 11) is 0. The molecule has 1 aliphatic rings. The van der Waals surface area contributed by atoms with E-state index in [0.29, 0.717) is 0 Å². The Labute approximate surface area is 172 Å². The van der Waals surface area contributed by atoms with Crippen LogP contribution in [-0.2, 0) is 6.42 Å². The predicted molar refractivity (Wildman–Crippen MR) is 117 cm³/mol. The quantitative estimate of drug-likeness (QED) is 0.678. The first-order chi connectivity index (χ1) is 14.1. The van der Waals surface area contributed by atoms with Crippen molar-refractivity contribution >= 4 is 11.6 Å². The highest BCUT2D eigenvalue weighted by molar-refractivity contribution is 5.95. The highest BCUT2D eigenvalue weighted by Crippen LogP contribution is 2.25. The number of rotatable bonds is 4. The minimum Gasteiger partial charge on any atom is -0.368 e. The molecule has 0 atom stereocenters. The van der Waals surface area contributed by atoms with Crippen molar-refractivity contribution in [3.63, 3.8) is 0 Å². The first-order valence-corrected chi connectivity index (χ1v) is 10.3. The summed E-state index contributed by atoms with van der Waals surface area (Å²) in [5.74, 6) is 0.0876. The molecule has 0 aliphatic carbocycles. The maximum atomic E-state index is 13.2. The number of carbonyl (C=O) groups is 1. The van der Waals surface area contributed by atoms with Gasteiger partial charge < -0.3 is 9.80 Å². The fourth-order valence-electron chi connectivity index (χ4n) is 4.08. The number of para-hydroxylation sites is 1. The van der Waals surface area contributed by atoms with Gasteiger partial charge in [0.2, 0.25) is 0 Å². The van der Waals surface area contributed by atoms with Crippen molar-refractivity contribution in [1.82, 2.24) is 14.7 Å². The third-order valence-corrected chi connectivity index (χ3v) is 5.92. The van der Waals surface area contributed by atoms with Crippen molar-refractivity contribution in [3.05, 3.63) is 77.1 Å². The van der Waals surface area contributed by atoms with E-state index < -0.39 is 0 Å². The Bertz CT molecular complexity index is 1000. The van der Waals surface area contributed by atoms with Crippen molar-refractivity contribution in [2.45, 2.75) is 27.2 Å². The molecule has 5 nitrogen and oxygen atoms in total. The molecule has 150 valence electrons. The van der Waals surface area contributed by atoms with Gasteiger partial charge in [-0.3, -0.25) is 4.79 Å². The van der Waals surface area contributed by atoms with Crippen molar-refractivity contribution in [1.29, 1.82) is 0 Å². The fourth-order valence-corrected chi connectivity index (χ4v) is 4.08. The van der Waals surface area contributed by atoms with E-state index in [1.54, 1.807) is 6.20 Å². The number of anilines is 1. The number of amides is 1. The lowest BCUT2D eigenvalue weighted by atomic mass is 10.1. The number of nitrogens with zero attached hydrogens (tertiary/aromatic N) is 4. The molecule has 0 spiro atoms. The molecule has 5 heteroatoms. The van der Waals surface area contributed by atoms with Gasteiger partial charge in [-0.2, -0.15) is 5.10 Å². The van der Waals surface area contributed by atoms with Crippen LogP contribution in [0, 0.1) is 13.8 Å². The van der Waals surface area contributed by atoms with Crippen LogP contribution in [0.5, 0.6) is 0 Å². The molecule has 3 aromatic rings. The Balaban J connectivity index is 1.50. The van der Waals surface area contributed by atoms with Gasteiger partial charge in [0, 0.05) is 31.9 Å². The normalized spacial score (nSPS) is 14.3. The maximum absolute atomic E-state index is 13.2. The summed E-state index contributed by atoms with van der Waals surface area (Å²) in [4.78, 5) is 17.6. The second-order valence-corrected chi connectivity index (χ2v) is 7.60. The number of benzene rings is 2. The standard InChI is InChI=1S/C24H28N4O/c1-4-22-21(17-25-28(22)20-10-6-5-7-11-20)24(29)27-15-13-26(14-16-27)23-12-8-9-18(2)19(23)3/h5-12,17H,4,13-16H2,1-3H3. The van der Waals surface area contributed by atoms with Gasteiger partial charge in [0.25, 0.3) is 5.91 Å². The third-order valence-electron chi connectivity index (χ3n) is 5.92. The first kappa shape index (κ1) is 19.2. The number of carbonyl (C=O) groups excluding carboxylic acids is 1. The third kappa shape index (κ3) is 3.65. The van der Waals surface area contributed by atoms with Gasteiger partial charge in [0.15, 0.2) is 0 Å². The van der Waals surface area contributed by atoms with Gasteiger partial charge >= 0.3 is 0 Å². The van der Waals surface area contributed by atoms with Crippen LogP contribution in [0.4, 0.5) is 5.69 Å². The largest absolute Gasteiger partial charge is 0.368 e. The van der Waals surface area contributed by atoms with Crippen LogP contribution >= 0.6 is 0 Å². The van der Waals surface area contributed by atoms with Crippen molar-refractivity contribution in [2.24, 2.45) is 0 Å². The molecule has 0 bridgehead atoms. The first-order valence-electron chi connectivity index (χ1n) is 10.3. The van der Waals surface area contributed by atoms with Crippen molar-refractivity contribution < 1.29 is 4.79 Å². The number of hydrogen-bond donors (Lipinski definition) is 0. The average molecular weight is 389 g/mol. The smallest absolute Gasteiger partial charge is 0.257 e. The van der Waals surface area contributed by atoms with Crippen LogP contribution in [-0.4, -0.2) is 46.8 Å². The molecule has 1 amide bonds. The zero-order valence-corrected chi connectivity index (χ0v) is 17.4. The monoisotopic (exact) mass is 388 g/mol. The average Bonchev–Trinajstić information content (AvgIpc) is 3.20. The molecule has 1 saturated heterocycles. The SMILES string of the molecule is CCc1c(C(=O)N2CCN(c3cccc(C)c3C)CC2)cnn1-c1ccccc1. The maximum Gasteiger partial charge on any atom is 0.257 e. The second-order valence-electron chi connectivity index (χ2n) is 7.60. The van der Waals surface area contributed by atoms with E-state index in [1.165, 1.54) is 16.8 Å². The summed E-state index contributed by atoms with van der Waals surface area (Å²) in [6.07, 6.45) is 2.49. The van der Waals surface area contributed by atoms with Crippen LogP contribution in [0.15, 0.2) is 54.7 Å². The summed E-state index contributed by atoms with van der Waals surface area (Å²) < 4.78 is 1.89. The second kappa shape index (κ2) is 8.11. The molecule has 0 saturated carbocycles. The summed E-state index contributed by atoms with van der Waals surface area (Å²) in [5.41, 5.74) is 6.59. The van der Waals surface area contributed by atoms with Gasteiger partial charge in [0.05, 0.1) is 23.1 Å². The molecule has 2 heterocycles. The molecule has 1 aliphatic heterocycles. The van der Waals surface area contributed by atoms with Crippen LogP contribution in [0.1, 0.15) is 34.1 Å². The van der Waals surface area contributed by atoms with Gasteiger partial charge in [-0.1, -0.05) is 37.3 Å². The van der Waals surface area contributed by atoms with Gasteiger partial charge in [-0.15, -0.1) is 0 Å². The predicted octanol–water partition coefficient (Wildman–Crippen LogP) is 4.01. The molecular formula is C24H28N4O. The van der Waals surface area contributed by atoms with E-state index in [0.717, 1.165) is 49.5 Å². The molecule has 0 radical (unpaired) electrons. The lowest BCUT2D eigenvalue weighted by molar-refractivity contribution is 0.0745. The molecule has 2 aromatic carbocycles.